The molecule has 1 aromatic heterocycles. The summed E-state index contributed by atoms with van der Waals surface area (Å²) < 4.78 is 2.31. The van der Waals surface area contributed by atoms with Crippen LogP contribution >= 0.6 is 0 Å². The number of aromatic nitrogens is 2. The Morgan fingerprint density at radius 3 is 1.39 bits per heavy atom. The van der Waals surface area contributed by atoms with E-state index in [9.17, 15) is 0 Å². The van der Waals surface area contributed by atoms with Crippen molar-refractivity contribution in [3.05, 3.63) is 17.2 Å². The first-order chi connectivity index (χ1) is 7.76. The molecule has 0 bridgehead atoms. The van der Waals surface area contributed by atoms with Gasteiger partial charge in [0.2, 0.25) is 0 Å². The molecule has 104 valence electrons. The molecule has 0 saturated heterocycles. The summed E-state index contributed by atoms with van der Waals surface area (Å²) in [5.74, 6) is 1.18. The van der Waals surface area contributed by atoms with Gasteiger partial charge in [-0.3, -0.25) is 0 Å². The van der Waals surface area contributed by atoms with Gasteiger partial charge in [-0.25, -0.2) is 4.98 Å². The normalized spacial score (nSPS) is 14.1. The summed E-state index contributed by atoms with van der Waals surface area (Å²) in [4.78, 5) is 4.98. The first kappa shape index (κ1) is 15.3. The highest BCUT2D eigenvalue weighted by atomic mass is 15.1. The smallest absolute Gasteiger partial charge is 0.114 e. The largest absolute Gasteiger partial charge is 0.334 e. The maximum atomic E-state index is 4.98. The summed E-state index contributed by atoms with van der Waals surface area (Å²) in [7, 11) is 2.16. The van der Waals surface area contributed by atoms with Gasteiger partial charge in [0, 0.05) is 29.0 Å². The number of rotatable bonds is 0. The molecular weight excluding hydrogens is 220 g/mol. The molecule has 0 amide bonds. The van der Waals surface area contributed by atoms with Gasteiger partial charge in [-0.05, 0) is 0 Å². The summed E-state index contributed by atoms with van der Waals surface area (Å²) in [6, 6.07) is 0. The zero-order valence-corrected chi connectivity index (χ0v) is 13.9. The van der Waals surface area contributed by atoms with E-state index in [1.54, 1.807) is 0 Å². The molecule has 0 N–H and O–H groups in total. The fourth-order valence-electron chi connectivity index (χ4n) is 2.55. The lowest BCUT2D eigenvalue weighted by molar-refractivity contribution is 0.481. The van der Waals surface area contributed by atoms with E-state index in [2.05, 4.69) is 73.9 Å². The third-order valence-electron chi connectivity index (χ3n) is 3.19. The minimum atomic E-state index is 0.0816. The minimum Gasteiger partial charge on any atom is -0.334 e. The number of imidazole rings is 1. The quantitative estimate of drug-likeness (QED) is 0.671. The van der Waals surface area contributed by atoms with Crippen LogP contribution in [0.4, 0.5) is 0 Å². The highest BCUT2D eigenvalue weighted by Crippen LogP contribution is 2.36. The Kier molecular flexibility index (Phi) is 3.49. The van der Waals surface area contributed by atoms with Crippen LogP contribution < -0.4 is 0 Å². The fourth-order valence-corrected chi connectivity index (χ4v) is 2.55. The molecule has 18 heavy (non-hydrogen) atoms. The van der Waals surface area contributed by atoms with Crippen LogP contribution in [-0.4, -0.2) is 9.55 Å². The summed E-state index contributed by atoms with van der Waals surface area (Å²) in [6.45, 7) is 20.2. The molecule has 0 aliphatic rings. The molecule has 2 heteroatoms. The first-order valence-corrected chi connectivity index (χ1v) is 6.84. The van der Waals surface area contributed by atoms with Crippen molar-refractivity contribution in [1.29, 1.82) is 0 Å². The van der Waals surface area contributed by atoms with Crippen molar-refractivity contribution in [1.82, 2.24) is 9.55 Å². The van der Waals surface area contributed by atoms with E-state index >= 15 is 0 Å². The van der Waals surface area contributed by atoms with Crippen LogP contribution in [0, 0.1) is 0 Å². The Morgan fingerprint density at radius 2 is 1.17 bits per heavy atom. The van der Waals surface area contributed by atoms with Crippen molar-refractivity contribution in [2.45, 2.75) is 78.6 Å². The van der Waals surface area contributed by atoms with Crippen LogP contribution in [0.15, 0.2) is 0 Å². The highest BCUT2D eigenvalue weighted by molar-refractivity contribution is 5.31. The monoisotopic (exact) mass is 250 g/mol. The molecule has 0 aromatic carbocycles. The molecule has 0 fully saturated rings. The standard InChI is InChI=1S/C16H30N2/c1-14(2,3)11-12(15(4,5)6)18(10)13(17-11)16(7,8)9/h1-10H3. The van der Waals surface area contributed by atoms with Gasteiger partial charge >= 0.3 is 0 Å². The molecule has 1 aromatic rings. The average Bonchev–Trinajstić information content (AvgIpc) is 2.39. The Morgan fingerprint density at radius 1 is 0.722 bits per heavy atom. The Balaban J connectivity index is 3.63. The van der Waals surface area contributed by atoms with Crippen LogP contribution in [-0.2, 0) is 23.3 Å². The summed E-state index contributed by atoms with van der Waals surface area (Å²) >= 11 is 0. The second-order valence-corrected chi connectivity index (χ2v) is 8.44. The number of hydrogen-bond donors (Lipinski definition) is 0. The predicted octanol–water partition coefficient (Wildman–Crippen LogP) is 4.31. The highest BCUT2D eigenvalue weighted by Gasteiger charge is 2.34. The second-order valence-electron chi connectivity index (χ2n) is 8.44. The van der Waals surface area contributed by atoms with Crippen molar-refractivity contribution >= 4 is 0 Å². The molecule has 0 radical (unpaired) electrons. The van der Waals surface area contributed by atoms with Gasteiger partial charge in [0.05, 0.1) is 5.69 Å². The van der Waals surface area contributed by atoms with E-state index < -0.39 is 0 Å². The number of nitrogens with zero attached hydrogens (tertiary/aromatic N) is 2. The van der Waals surface area contributed by atoms with Gasteiger partial charge in [-0.15, -0.1) is 0 Å². The molecule has 1 rings (SSSR count). The molecule has 0 atom stereocenters. The van der Waals surface area contributed by atoms with Crippen molar-refractivity contribution in [2.75, 3.05) is 0 Å². The molecule has 1 heterocycles. The zero-order valence-electron chi connectivity index (χ0n) is 13.9. The van der Waals surface area contributed by atoms with E-state index in [0.29, 0.717) is 0 Å². The molecule has 0 aliphatic heterocycles. The molecule has 0 aliphatic carbocycles. The zero-order chi connectivity index (χ0) is 14.5. The van der Waals surface area contributed by atoms with Gasteiger partial charge in [-0.1, -0.05) is 62.3 Å². The molecule has 2 nitrogen and oxygen atoms in total. The van der Waals surface area contributed by atoms with Gasteiger partial charge in [0.25, 0.3) is 0 Å². The van der Waals surface area contributed by atoms with Gasteiger partial charge < -0.3 is 4.57 Å². The minimum absolute atomic E-state index is 0.0816. The molecule has 0 unspecified atom stereocenters. The maximum Gasteiger partial charge on any atom is 0.114 e. The Labute approximate surface area is 113 Å². The molecule has 0 saturated carbocycles. The first-order valence-electron chi connectivity index (χ1n) is 6.84. The second kappa shape index (κ2) is 4.11. The topological polar surface area (TPSA) is 17.8 Å². The van der Waals surface area contributed by atoms with E-state index in [-0.39, 0.29) is 16.2 Å². The third kappa shape index (κ3) is 2.78. The SMILES string of the molecule is Cn1c(C(C)(C)C)nc(C(C)(C)C)c1C(C)(C)C. The van der Waals surface area contributed by atoms with Crippen LogP contribution in [0.5, 0.6) is 0 Å². The van der Waals surface area contributed by atoms with Crippen LogP contribution in [0.25, 0.3) is 0 Å². The van der Waals surface area contributed by atoms with Gasteiger partial charge in [-0.2, -0.15) is 0 Å². The third-order valence-corrected chi connectivity index (χ3v) is 3.19. The van der Waals surface area contributed by atoms with Crippen molar-refractivity contribution in [3.8, 4) is 0 Å². The Bertz CT molecular complexity index is 431. The van der Waals surface area contributed by atoms with Crippen molar-refractivity contribution in [2.24, 2.45) is 7.05 Å². The van der Waals surface area contributed by atoms with Crippen LogP contribution in [0.1, 0.15) is 79.5 Å². The summed E-state index contributed by atoms with van der Waals surface area (Å²) in [6.07, 6.45) is 0. The van der Waals surface area contributed by atoms with E-state index in [4.69, 9.17) is 4.98 Å². The van der Waals surface area contributed by atoms with Crippen LogP contribution in [0.3, 0.4) is 0 Å². The number of hydrogen-bond acceptors (Lipinski definition) is 1. The van der Waals surface area contributed by atoms with Gasteiger partial charge in [0.1, 0.15) is 5.82 Å². The predicted molar refractivity (Wildman–Crippen MR) is 79.3 cm³/mol. The van der Waals surface area contributed by atoms with Gasteiger partial charge in [0.15, 0.2) is 0 Å². The molecule has 0 spiro atoms. The maximum absolute atomic E-state index is 4.98. The Hall–Kier alpha value is -0.790. The fraction of sp³-hybridized carbons (Fsp3) is 0.812. The van der Waals surface area contributed by atoms with Crippen molar-refractivity contribution in [3.63, 3.8) is 0 Å². The van der Waals surface area contributed by atoms with Crippen molar-refractivity contribution < 1.29 is 0 Å². The average molecular weight is 250 g/mol. The van der Waals surface area contributed by atoms with E-state index in [1.807, 2.05) is 0 Å². The summed E-state index contributed by atoms with van der Waals surface area (Å²) in [5, 5.41) is 0. The lowest BCUT2D eigenvalue weighted by atomic mass is 9.82. The van der Waals surface area contributed by atoms with E-state index in [0.717, 1.165) is 0 Å². The molecular formula is C16H30N2. The lowest BCUT2D eigenvalue weighted by Crippen LogP contribution is -2.24. The van der Waals surface area contributed by atoms with E-state index in [1.165, 1.54) is 17.2 Å². The lowest BCUT2D eigenvalue weighted by Gasteiger charge is -2.27. The summed E-state index contributed by atoms with van der Waals surface area (Å²) in [5.41, 5.74) is 2.89. The van der Waals surface area contributed by atoms with Crippen LogP contribution in [0.2, 0.25) is 0 Å².